The van der Waals surface area contributed by atoms with Crippen LogP contribution in [0.1, 0.15) is 15.9 Å². The number of anilines is 2. The lowest BCUT2D eigenvalue weighted by molar-refractivity contribution is -0.385. The van der Waals surface area contributed by atoms with Gasteiger partial charge in [0.2, 0.25) is 0 Å². The zero-order chi connectivity index (χ0) is 15.6. The maximum absolute atomic E-state index is 13.3. The Hall–Kier alpha value is -3.03. The van der Waals surface area contributed by atoms with E-state index in [1.807, 2.05) is 0 Å². The fourth-order valence-corrected chi connectivity index (χ4v) is 1.70. The summed E-state index contributed by atoms with van der Waals surface area (Å²) in [5.74, 6) is -1.50. The number of nitrogens with zero attached hydrogens (tertiary/aromatic N) is 2. The Kier molecular flexibility index (Phi) is 3.79. The second kappa shape index (κ2) is 5.53. The van der Waals surface area contributed by atoms with Gasteiger partial charge >= 0.3 is 0 Å². The van der Waals surface area contributed by atoms with Crippen LogP contribution in [0, 0.1) is 22.9 Å². The predicted octanol–water partition coefficient (Wildman–Crippen LogP) is 2.27. The summed E-state index contributed by atoms with van der Waals surface area (Å²) >= 11 is 0. The van der Waals surface area contributed by atoms with E-state index >= 15 is 0 Å². The summed E-state index contributed by atoms with van der Waals surface area (Å²) in [4.78, 5) is 26.0. The number of benzene rings is 1. The Labute approximate surface area is 118 Å². The number of rotatable bonds is 3. The van der Waals surface area contributed by atoms with Crippen molar-refractivity contribution in [1.82, 2.24) is 4.98 Å². The zero-order valence-corrected chi connectivity index (χ0v) is 11.0. The van der Waals surface area contributed by atoms with Crippen molar-refractivity contribution in [3.8, 4) is 0 Å². The third-order valence-corrected chi connectivity index (χ3v) is 2.71. The number of aromatic nitrogens is 1. The Morgan fingerprint density at radius 1 is 1.43 bits per heavy atom. The average Bonchev–Trinajstić information content (AvgIpc) is 2.41. The molecule has 1 aromatic carbocycles. The Balaban J connectivity index is 2.39. The van der Waals surface area contributed by atoms with E-state index in [-0.39, 0.29) is 17.1 Å². The number of carbonyl (C=O) groups is 1. The first-order valence-electron chi connectivity index (χ1n) is 5.86. The van der Waals surface area contributed by atoms with Crippen molar-refractivity contribution in [3.05, 3.63) is 57.5 Å². The molecule has 0 aliphatic heterocycles. The second-order valence-electron chi connectivity index (χ2n) is 4.32. The van der Waals surface area contributed by atoms with Crippen LogP contribution in [0.3, 0.4) is 0 Å². The average molecular weight is 290 g/mol. The molecule has 1 aromatic heterocycles. The molecule has 0 atom stereocenters. The molecule has 108 valence electrons. The molecule has 3 N–H and O–H groups in total. The van der Waals surface area contributed by atoms with Gasteiger partial charge in [0.15, 0.2) is 5.82 Å². The Bertz CT molecular complexity index is 733. The summed E-state index contributed by atoms with van der Waals surface area (Å²) in [6.45, 7) is 1.80. The number of halogens is 1. The van der Waals surface area contributed by atoms with Crippen molar-refractivity contribution in [3.63, 3.8) is 0 Å². The highest BCUT2D eigenvalue weighted by Gasteiger charge is 2.23. The molecule has 2 aromatic rings. The molecule has 8 heteroatoms. The van der Waals surface area contributed by atoms with Crippen molar-refractivity contribution < 1.29 is 14.1 Å². The highest BCUT2D eigenvalue weighted by Crippen LogP contribution is 2.25. The third kappa shape index (κ3) is 3.11. The smallest absolute Gasteiger partial charge is 0.285 e. The van der Waals surface area contributed by atoms with Crippen LogP contribution < -0.4 is 11.1 Å². The highest BCUT2D eigenvalue weighted by atomic mass is 19.1. The van der Waals surface area contributed by atoms with Gasteiger partial charge in [-0.3, -0.25) is 14.9 Å². The number of nitrogen functional groups attached to an aromatic ring is 1. The molecule has 7 nitrogen and oxygen atoms in total. The molecule has 2 rings (SSSR count). The molecule has 21 heavy (non-hydrogen) atoms. The SMILES string of the molecule is Cc1ccnc(NC(=O)c2cc(N)c(F)cc2[N+](=O)[O-])c1. The van der Waals surface area contributed by atoms with Crippen LogP contribution in [-0.2, 0) is 0 Å². The number of pyridine rings is 1. The molecule has 1 heterocycles. The standard InChI is InChI=1S/C13H11FN4O3/c1-7-2-3-16-12(4-7)17-13(19)8-5-10(15)9(14)6-11(8)18(20)21/h2-6H,15H2,1H3,(H,16,17,19). The van der Waals surface area contributed by atoms with Gasteiger partial charge in [0.05, 0.1) is 16.7 Å². The van der Waals surface area contributed by atoms with E-state index in [1.54, 1.807) is 19.1 Å². The lowest BCUT2D eigenvalue weighted by atomic mass is 10.1. The van der Waals surface area contributed by atoms with E-state index in [1.165, 1.54) is 6.20 Å². The third-order valence-electron chi connectivity index (χ3n) is 2.71. The van der Waals surface area contributed by atoms with E-state index < -0.39 is 22.3 Å². The van der Waals surface area contributed by atoms with Gasteiger partial charge < -0.3 is 11.1 Å². The molecule has 0 fully saturated rings. The molecule has 0 bridgehead atoms. The first-order valence-corrected chi connectivity index (χ1v) is 5.86. The topological polar surface area (TPSA) is 111 Å². The number of amides is 1. The van der Waals surface area contributed by atoms with Crippen LogP contribution in [0.15, 0.2) is 30.5 Å². The molecule has 0 radical (unpaired) electrons. The lowest BCUT2D eigenvalue weighted by Gasteiger charge is -2.07. The Morgan fingerprint density at radius 3 is 2.76 bits per heavy atom. The minimum absolute atomic E-state index is 0.234. The molecule has 0 aliphatic carbocycles. The number of nitro benzene ring substituents is 1. The van der Waals surface area contributed by atoms with Crippen LogP contribution in [0.4, 0.5) is 21.6 Å². The second-order valence-corrected chi connectivity index (χ2v) is 4.32. The monoisotopic (exact) mass is 290 g/mol. The first kappa shape index (κ1) is 14.4. The van der Waals surface area contributed by atoms with E-state index in [0.29, 0.717) is 6.07 Å². The number of nitrogens with one attached hydrogen (secondary N) is 1. The van der Waals surface area contributed by atoms with Crippen LogP contribution in [0.25, 0.3) is 0 Å². The van der Waals surface area contributed by atoms with Crippen molar-refractivity contribution in [2.24, 2.45) is 0 Å². The summed E-state index contributed by atoms with van der Waals surface area (Å²) in [6, 6.07) is 4.87. The summed E-state index contributed by atoms with van der Waals surface area (Å²) in [6.07, 6.45) is 1.48. The van der Waals surface area contributed by atoms with Crippen LogP contribution in [0.2, 0.25) is 0 Å². The maximum atomic E-state index is 13.3. The van der Waals surface area contributed by atoms with Gasteiger partial charge in [-0.15, -0.1) is 0 Å². The first-order chi connectivity index (χ1) is 9.88. The maximum Gasteiger partial charge on any atom is 0.285 e. The molecule has 0 unspecified atom stereocenters. The number of nitro groups is 1. The molecule has 0 saturated heterocycles. The summed E-state index contributed by atoms with van der Waals surface area (Å²) in [5, 5.41) is 13.3. The van der Waals surface area contributed by atoms with Gasteiger partial charge in [-0.2, -0.15) is 0 Å². The largest absolute Gasteiger partial charge is 0.396 e. The number of aryl methyl sites for hydroxylation is 1. The highest BCUT2D eigenvalue weighted by molar-refractivity contribution is 6.07. The minimum Gasteiger partial charge on any atom is -0.396 e. The minimum atomic E-state index is -0.952. The Morgan fingerprint density at radius 2 is 2.14 bits per heavy atom. The fourth-order valence-electron chi connectivity index (χ4n) is 1.70. The van der Waals surface area contributed by atoms with Gasteiger partial charge in [-0.05, 0) is 30.7 Å². The van der Waals surface area contributed by atoms with Gasteiger partial charge in [0, 0.05) is 6.20 Å². The van der Waals surface area contributed by atoms with Gasteiger partial charge in [-0.1, -0.05) is 0 Å². The molecule has 0 saturated carbocycles. The van der Waals surface area contributed by atoms with Crippen LogP contribution in [0.5, 0.6) is 0 Å². The van der Waals surface area contributed by atoms with E-state index in [4.69, 9.17) is 5.73 Å². The number of hydrogen-bond acceptors (Lipinski definition) is 5. The number of nitrogens with two attached hydrogens (primary N) is 1. The van der Waals surface area contributed by atoms with E-state index in [2.05, 4.69) is 10.3 Å². The van der Waals surface area contributed by atoms with Crippen molar-refractivity contribution >= 4 is 23.1 Å². The summed E-state index contributed by atoms with van der Waals surface area (Å²) in [5.41, 5.74) is 4.87. The molecular formula is C13H11FN4O3. The number of carbonyl (C=O) groups excluding carboxylic acids is 1. The summed E-state index contributed by atoms with van der Waals surface area (Å²) < 4.78 is 13.3. The number of hydrogen-bond donors (Lipinski definition) is 2. The van der Waals surface area contributed by atoms with Crippen molar-refractivity contribution in [2.45, 2.75) is 6.92 Å². The van der Waals surface area contributed by atoms with Gasteiger partial charge in [0.1, 0.15) is 11.4 Å². The molecule has 0 aliphatic rings. The summed E-state index contributed by atoms with van der Waals surface area (Å²) in [7, 11) is 0. The predicted molar refractivity (Wildman–Crippen MR) is 74.4 cm³/mol. The quantitative estimate of drug-likeness (QED) is 0.511. The van der Waals surface area contributed by atoms with Crippen LogP contribution in [-0.4, -0.2) is 15.8 Å². The molecular weight excluding hydrogens is 279 g/mol. The van der Waals surface area contributed by atoms with Gasteiger partial charge in [0.25, 0.3) is 11.6 Å². The van der Waals surface area contributed by atoms with Gasteiger partial charge in [-0.25, -0.2) is 9.37 Å². The van der Waals surface area contributed by atoms with Crippen molar-refractivity contribution in [1.29, 1.82) is 0 Å². The van der Waals surface area contributed by atoms with Crippen LogP contribution >= 0.6 is 0 Å². The molecule has 1 amide bonds. The molecule has 0 spiro atoms. The normalized spacial score (nSPS) is 10.2. The fraction of sp³-hybridized carbons (Fsp3) is 0.0769. The van der Waals surface area contributed by atoms with E-state index in [0.717, 1.165) is 11.6 Å². The lowest BCUT2D eigenvalue weighted by Crippen LogP contribution is -2.15. The van der Waals surface area contributed by atoms with E-state index in [9.17, 15) is 19.3 Å². The van der Waals surface area contributed by atoms with Crippen molar-refractivity contribution in [2.75, 3.05) is 11.1 Å². The zero-order valence-electron chi connectivity index (χ0n) is 11.0.